The van der Waals surface area contributed by atoms with Crippen LogP contribution < -0.4 is 5.32 Å². The Morgan fingerprint density at radius 3 is 2.62 bits per heavy atom. The highest BCUT2D eigenvalue weighted by Crippen LogP contribution is 2.17. The largest absolute Gasteiger partial charge is 0.352 e. The highest BCUT2D eigenvalue weighted by molar-refractivity contribution is 5.98. The third-order valence-electron chi connectivity index (χ3n) is 2.02. The zero-order valence-corrected chi connectivity index (χ0v) is 9.27. The van der Waals surface area contributed by atoms with Crippen LogP contribution in [0.1, 0.15) is 24.2 Å². The molecule has 0 unspecified atom stereocenters. The van der Waals surface area contributed by atoms with E-state index in [9.17, 15) is 14.9 Å². The highest BCUT2D eigenvalue weighted by Gasteiger charge is 2.18. The summed E-state index contributed by atoms with van der Waals surface area (Å²) in [6.07, 6.45) is 0. The van der Waals surface area contributed by atoms with Gasteiger partial charge < -0.3 is 5.32 Å². The lowest BCUT2D eigenvalue weighted by atomic mass is 10.1. The Hall–Kier alpha value is -1.91. The van der Waals surface area contributed by atoms with Crippen molar-refractivity contribution in [2.75, 3.05) is 6.54 Å². The summed E-state index contributed by atoms with van der Waals surface area (Å²) in [6.45, 7) is 4.42. The van der Waals surface area contributed by atoms with Crippen molar-refractivity contribution in [1.29, 1.82) is 0 Å². The Balaban J connectivity index is 2.86. The highest BCUT2D eigenvalue weighted by atomic mass is 16.6. The van der Waals surface area contributed by atoms with Gasteiger partial charge in [0.05, 0.1) is 4.92 Å². The molecular formula is C11H14N2O3. The van der Waals surface area contributed by atoms with Crippen molar-refractivity contribution in [3.05, 3.63) is 39.9 Å². The lowest BCUT2D eigenvalue weighted by molar-refractivity contribution is -0.385. The lowest BCUT2D eigenvalue weighted by Gasteiger charge is -2.07. The van der Waals surface area contributed by atoms with E-state index in [-0.39, 0.29) is 11.3 Å². The summed E-state index contributed by atoms with van der Waals surface area (Å²) >= 11 is 0. The second kappa shape index (κ2) is 5.25. The number of hydrogen-bond acceptors (Lipinski definition) is 3. The number of hydrogen-bond donors (Lipinski definition) is 1. The van der Waals surface area contributed by atoms with Gasteiger partial charge in [-0.2, -0.15) is 0 Å². The monoisotopic (exact) mass is 222 g/mol. The Labute approximate surface area is 93.6 Å². The molecule has 0 bridgehead atoms. The summed E-state index contributed by atoms with van der Waals surface area (Å²) in [5.41, 5.74) is -0.0584. The molecule has 0 fully saturated rings. The van der Waals surface area contributed by atoms with Gasteiger partial charge in [0, 0.05) is 12.6 Å². The maximum Gasteiger partial charge on any atom is 0.282 e. The third kappa shape index (κ3) is 3.05. The van der Waals surface area contributed by atoms with Crippen molar-refractivity contribution >= 4 is 11.6 Å². The first-order valence-corrected chi connectivity index (χ1v) is 5.04. The average Bonchev–Trinajstić information content (AvgIpc) is 2.25. The van der Waals surface area contributed by atoms with Gasteiger partial charge >= 0.3 is 0 Å². The maximum absolute atomic E-state index is 11.7. The number of nitro benzene ring substituents is 1. The molecule has 0 aromatic heterocycles. The van der Waals surface area contributed by atoms with Crippen molar-refractivity contribution < 1.29 is 9.72 Å². The van der Waals surface area contributed by atoms with E-state index in [1.165, 1.54) is 18.2 Å². The molecule has 0 radical (unpaired) electrons. The Morgan fingerprint density at radius 2 is 2.06 bits per heavy atom. The molecule has 0 aliphatic carbocycles. The van der Waals surface area contributed by atoms with Crippen LogP contribution in [0.3, 0.4) is 0 Å². The number of nitrogens with one attached hydrogen (secondary N) is 1. The minimum absolute atomic E-state index is 0.105. The predicted molar refractivity (Wildman–Crippen MR) is 60.3 cm³/mol. The van der Waals surface area contributed by atoms with E-state index in [4.69, 9.17) is 0 Å². The number of para-hydroxylation sites is 1. The summed E-state index contributed by atoms with van der Waals surface area (Å²) in [5, 5.41) is 13.3. The van der Waals surface area contributed by atoms with E-state index in [1.54, 1.807) is 6.07 Å². The van der Waals surface area contributed by atoms with Crippen molar-refractivity contribution in [2.45, 2.75) is 13.8 Å². The minimum Gasteiger partial charge on any atom is -0.352 e. The summed E-state index contributed by atoms with van der Waals surface area (Å²) in [4.78, 5) is 21.8. The second-order valence-electron chi connectivity index (χ2n) is 3.88. The summed E-state index contributed by atoms with van der Waals surface area (Å²) in [5.74, 6) is -0.0901. The fraction of sp³-hybridized carbons (Fsp3) is 0.364. The van der Waals surface area contributed by atoms with Crippen molar-refractivity contribution in [3.63, 3.8) is 0 Å². The van der Waals surface area contributed by atoms with Gasteiger partial charge in [-0.25, -0.2) is 0 Å². The molecular weight excluding hydrogens is 208 g/mol. The van der Waals surface area contributed by atoms with E-state index in [0.29, 0.717) is 12.5 Å². The van der Waals surface area contributed by atoms with Gasteiger partial charge in [-0.3, -0.25) is 14.9 Å². The molecule has 5 heteroatoms. The number of amides is 1. The van der Waals surface area contributed by atoms with Gasteiger partial charge in [0.15, 0.2) is 0 Å². The van der Waals surface area contributed by atoms with Gasteiger partial charge in [0.1, 0.15) is 5.56 Å². The molecule has 0 heterocycles. The Bertz CT molecular complexity index is 402. The zero-order valence-electron chi connectivity index (χ0n) is 9.27. The number of benzene rings is 1. The van der Waals surface area contributed by atoms with Crippen LogP contribution >= 0.6 is 0 Å². The molecule has 1 rings (SSSR count). The number of nitro groups is 1. The van der Waals surface area contributed by atoms with Gasteiger partial charge in [-0.05, 0) is 12.0 Å². The van der Waals surface area contributed by atoms with Crippen molar-refractivity contribution in [3.8, 4) is 0 Å². The normalized spacial score (nSPS) is 10.2. The van der Waals surface area contributed by atoms with E-state index < -0.39 is 10.8 Å². The summed E-state index contributed by atoms with van der Waals surface area (Å²) < 4.78 is 0. The Morgan fingerprint density at radius 1 is 1.44 bits per heavy atom. The molecule has 0 saturated heterocycles. The predicted octanol–water partition coefficient (Wildman–Crippen LogP) is 1.98. The van der Waals surface area contributed by atoms with Crippen LogP contribution in [0.25, 0.3) is 0 Å². The Kier molecular flexibility index (Phi) is 3.99. The fourth-order valence-corrected chi connectivity index (χ4v) is 1.22. The van der Waals surface area contributed by atoms with E-state index in [0.717, 1.165) is 0 Å². The first-order valence-electron chi connectivity index (χ1n) is 5.04. The number of carbonyl (C=O) groups is 1. The quantitative estimate of drug-likeness (QED) is 0.625. The van der Waals surface area contributed by atoms with Crippen LogP contribution in [0.2, 0.25) is 0 Å². The lowest BCUT2D eigenvalue weighted by Crippen LogP contribution is -2.27. The van der Waals surface area contributed by atoms with E-state index >= 15 is 0 Å². The first kappa shape index (κ1) is 12.2. The van der Waals surface area contributed by atoms with Crippen LogP contribution in [0.4, 0.5) is 5.69 Å². The summed E-state index contributed by atoms with van der Waals surface area (Å²) in [7, 11) is 0. The maximum atomic E-state index is 11.7. The second-order valence-corrected chi connectivity index (χ2v) is 3.88. The average molecular weight is 222 g/mol. The van der Waals surface area contributed by atoms with Gasteiger partial charge in [0.2, 0.25) is 0 Å². The molecule has 0 aliphatic heterocycles. The van der Waals surface area contributed by atoms with Gasteiger partial charge in [0.25, 0.3) is 11.6 Å². The minimum atomic E-state index is -0.551. The molecule has 0 aliphatic rings. The molecule has 0 saturated carbocycles. The first-order chi connectivity index (χ1) is 7.52. The van der Waals surface area contributed by atoms with Crippen LogP contribution in [-0.2, 0) is 0 Å². The molecule has 5 nitrogen and oxygen atoms in total. The zero-order chi connectivity index (χ0) is 12.1. The molecule has 1 amide bonds. The standard InChI is InChI=1S/C11H14N2O3/c1-8(2)7-12-11(14)9-5-3-4-6-10(9)13(15)16/h3-6,8H,7H2,1-2H3,(H,12,14). The van der Waals surface area contributed by atoms with Gasteiger partial charge in [-0.1, -0.05) is 26.0 Å². The molecule has 16 heavy (non-hydrogen) atoms. The molecule has 0 spiro atoms. The molecule has 0 atom stereocenters. The topological polar surface area (TPSA) is 72.2 Å². The van der Waals surface area contributed by atoms with Crippen molar-refractivity contribution in [1.82, 2.24) is 5.32 Å². The number of nitrogens with zero attached hydrogens (tertiary/aromatic N) is 1. The number of carbonyl (C=O) groups excluding carboxylic acids is 1. The molecule has 1 aromatic rings. The van der Waals surface area contributed by atoms with Crippen LogP contribution in [-0.4, -0.2) is 17.4 Å². The van der Waals surface area contributed by atoms with Gasteiger partial charge in [-0.15, -0.1) is 0 Å². The van der Waals surface area contributed by atoms with E-state index in [1.807, 2.05) is 13.8 Å². The van der Waals surface area contributed by atoms with Crippen molar-refractivity contribution in [2.24, 2.45) is 5.92 Å². The number of rotatable bonds is 4. The third-order valence-corrected chi connectivity index (χ3v) is 2.02. The summed E-state index contributed by atoms with van der Waals surface area (Å²) in [6, 6.07) is 5.92. The molecule has 1 aromatic carbocycles. The van der Waals surface area contributed by atoms with E-state index in [2.05, 4.69) is 5.32 Å². The van der Waals surface area contributed by atoms with Crippen LogP contribution in [0, 0.1) is 16.0 Å². The van der Waals surface area contributed by atoms with Crippen LogP contribution in [0.5, 0.6) is 0 Å². The SMILES string of the molecule is CC(C)CNC(=O)c1ccccc1[N+](=O)[O-]. The van der Waals surface area contributed by atoms with Crippen LogP contribution in [0.15, 0.2) is 24.3 Å². The molecule has 86 valence electrons. The smallest absolute Gasteiger partial charge is 0.282 e. The molecule has 1 N–H and O–H groups in total. The fourth-order valence-electron chi connectivity index (χ4n) is 1.22.